The Hall–Kier alpha value is -2.71. The molecule has 4 rings (SSSR count). The van der Waals surface area contributed by atoms with Crippen molar-refractivity contribution in [3.05, 3.63) is 68.7 Å². The van der Waals surface area contributed by atoms with E-state index in [-0.39, 0.29) is 37.3 Å². The Morgan fingerprint density at radius 2 is 2.00 bits per heavy atom. The molecule has 1 aliphatic heterocycles. The number of anilines is 1. The van der Waals surface area contributed by atoms with E-state index in [9.17, 15) is 14.0 Å². The lowest BCUT2D eigenvalue weighted by molar-refractivity contribution is -0.155. The van der Waals surface area contributed by atoms with E-state index in [1.54, 1.807) is 6.07 Å². The molecule has 1 saturated heterocycles. The number of hydrogen-bond donors (Lipinski definition) is 1. The number of piperidine rings is 1. The van der Waals surface area contributed by atoms with Gasteiger partial charge in [0.25, 0.3) is 5.91 Å². The minimum absolute atomic E-state index is 0.191. The number of esters is 1. The van der Waals surface area contributed by atoms with E-state index in [4.69, 9.17) is 21.3 Å². The van der Waals surface area contributed by atoms with E-state index in [1.165, 1.54) is 0 Å². The fourth-order valence-electron chi connectivity index (χ4n) is 5.20. The zero-order chi connectivity index (χ0) is 29.0. The van der Waals surface area contributed by atoms with Gasteiger partial charge in [-0.05, 0) is 76.8 Å². The van der Waals surface area contributed by atoms with Crippen LogP contribution in [0.4, 0.5) is 10.2 Å². The number of nitrogens with one attached hydrogen (secondary N) is 1. The van der Waals surface area contributed by atoms with Crippen LogP contribution in [0.5, 0.6) is 0 Å². The molecule has 1 amide bonds. The number of benzene rings is 2. The molecule has 0 radical (unpaired) electrons. The van der Waals surface area contributed by atoms with Gasteiger partial charge in [-0.3, -0.25) is 9.59 Å². The molecule has 0 spiro atoms. The van der Waals surface area contributed by atoms with Crippen LogP contribution >= 0.6 is 27.5 Å². The average molecular weight is 633 g/mol. The lowest BCUT2D eigenvalue weighted by Gasteiger charge is -2.32. The van der Waals surface area contributed by atoms with Crippen LogP contribution in [0.1, 0.15) is 73.9 Å². The molecule has 40 heavy (non-hydrogen) atoms. The Labute approximate surface area is 248 Å². The van der Waals surface area contributed by atoms with Crippen LogP contribution < -0.4 is 10.2 Å². The molecular weight excluding hydrogens is 597 g/mol. The second-order valence-corrected chi connectivity index (χ2v) is 12.7. The van der Waals surface area contributed by atoms with Crippen molar-refractivity contribution in [2.75, 3.05) is 24.5 Å². The number of fused-ring (bicyclic) bond motifs is 1. The highest BCUT2D eigenvalue weighted by Gasteiger charge is 2.27. The largest absolute Gasteiger partial charge is 0.460 e. The molecule has 2 aromatic carbocycles. The third-order valence-electron chi connectivity index (χ3n) is 7.03. The van der Waals surface area contributed by atoms with Crippen molar-refractivity contribution in [3.63, 3.8) is 0 Å². The van der Waals surface area contributed by atoms with Crippen LogP contribution in [0.2, 0.25) is 5.02 Å². The van der Waals surface area contributed by atoms with Crippen LogP contribution in [0.25, 0.3) is 10.9 Å². The number of alkyl halides is 1. The summed E-state index contributed by atoms with van der Waals surface area (Å²) in [6.07, 6.45) is 0.998. The Kier molecular flexibility index (Phi) is 9.72. The smallest absolute Gasteiger partial charge is 0.306 e. The van der Waals surface area contributed by atoms with Crippen molar-refractivity contribution in [1.29, 1.82) is 0 Å². The number of hydrogen-bond acceptors (Lipinski definition) is 5. The summed E-state index contributed by atoms with van der Waals surface area (Å²) >= 11 is 10.1. The first-order valence-electron chi connectivity index (χ1n) is 13.7. The summed E-state index contributed by atoms with van der Waals surface area (Å²) in [5, 5.41) is 4.39. The fourth-order valence-corrected chi connectivity index (χ4v) is 5.85. The third kappa shape index (κ3) is 7.52. The van der Waals surface area contributed by atoms with E-state index >= 15 is 0 Å². The summed E-state index contributed by atoms with van der Waals surface area (Å²) in [5.41, 5.74) is 2.17. The van der Waals surface area contributed by atoms with Crippen LogP contribution in [0, 0.1) is 6.92 Å². The normalized spacial score (nSPS) is 16.6. The van der Waals surface area contributed by atoms with Gasteiger partial charge in [0.1, 0.15) is 17.6 Å². The van der Waals surface area contributed by atoms with E-state index < -0.39 is 11.8 Å². The summed E-state index contributed by atoms with van der Waals surface area (Å²) in [6.45, 7) is 8.60. The molecule has 6 nitrogen and oxygen atoms in total. The molecule has 9 heteroatoms. The molecule has 0 bridgehead atoms. The van der Waals surface area contributed by atoms with Gasteiger partial charge in [0.2, 0.25) is 0 Å². The van der Waals surface area contributed by atoms with Crippen molar-refractivity contribution in [2.45, 2.75) is 71.1 Å². The van der Waals surface area contributed by atoms with E-state index in [1.807, 2.05) is 69.0 Å². The SMILES string of the molecule is Cc1c(N2CCCC(F)C2)nc2ccc(Br)cc2c1C(=O)NCC(CCC(=O)OC(C)(C)C)c1ccccc1Cl. The number of pyridine rings is 1. The first kappa shape index (κ1) is 30.3. The van der Waals surface area contributed by atoms with Crippen molar-refractivity contribution in [3.8, 4) is 0 Å². The van der Waals surface area contributed by atoms with Gasteiger partial charge in [-0.25, -0.2) is 9.37 Å². The van der Waals surface area contributed by atoms with E-state index in [2.05, 4.69) is 21.2 Å². The van der Waals surface area contributed by atoms with Gasteiger partial charge >= 0.3 is 5.97 Å². The maximum atomic E-state index is 14.3. The highest BCUT2D eigenvalue weighted by Crippen LogP contribution is 2.33. The van der Waals surface area contributed by atoms with Crippen LogP contribution in [0.15, 0.2) is 46.9 Å². The molecule has 2 unspecified atom stereocenters. The number of aromatic nitrogens is 1. The summed E-state index contributed by atoms with van der Waals surface area (Å²) in [6, 6.07) is 13.1. The average Bonchev–Trinajstić information content (AvgIpc) is 2.88. The van der Waals surface area contributed by atoms with Crippen LogP contribution in [0.3, 0.4) is 0 Å². The number of carbonyl (C=O) groups is 2. The molecule has 1 aliphatic rings. The second kappa shape index (κ2) is 12.9. The second-order valence-electron chi connectivity index (χ2n) is 11.3. The summed E-state index contributed by atoms with van der Waals surface area (Å²) < 4.78 is 20.6. The predicted octanol–water partition coefficient (Wildman–Crippen LogP) is 7.53. The van der Waals surface area contributed by atoms with Gasteiger partial charge in [0, 0.05) is 45.9 Å². The minimum Gasteiger partial charge on any atom is -0.460 e. The maximum Gasteiger partial charge on any atom is 0.306 e. The standard InChI is InChI=1S/C31H36BrClFN3O3/c1-19-28(24-16-21(32)12-13-26(24)36-29(19)37-15-7-8-22(34)18-37)30(39)35-17-20(23-9-5-6-10-25(23)33)11-14-27(38)40-31(2,3)4/h5-6,9-10,12-13,16,20,22H,7-8,11,14-15,17-18H2,1-4H3,(H,35,39). The highest BCUT2D eigenvalue weighted by molar-refractivity contribution is 9.10. The first-order chi connectivity index (χ1) is 18.9. The zero-order valence-corrected chi connectivity index (χ0v) is 25.7. The first-order valence-corrected chi connectivity index (χ1v) is 14.8. The number of rotatable bonds is 8. The van der Waals surface area contributed by atoms with Gasteiger partial charge in [0.15, 0.2) is 0 Å². The Bertz CT molecular complexity index is 1390. The summed E-state index contributed by atoms with van der Waals surface area (Å²) in [4.78, 5) is 33.1. The van der Waals surface area contributed by atoms with Crippen molar-refractivity contribution >= 4 is 56.1 Å². The number of halogens is 3. The molecule has 0 aliphatic carbocycles. The number of nitrogens with zero attached hydrogens (tertiary/aromatic N) is 2. The quantitative estimate of drug-likeness (QED) is 0.260. The minimum atomic E-state index is -0.922. The van der Waals surface area contributed by atoms with Gasteiger partial charge in [-0.1, -0.05) is 45.7 Å². The van der Waals surface area contributed by atoms with Crippen LogP contribution in [-0.2, 0) is 9.53 Å². The van der Waals surface area contributed by atoms with Crippen LogP contribution in [-0.4, -0.2) is 48.3 Å². The van der Waals surface area contributed by atoms with Crippen molar-refractivity contribution in [2.24, 2.45) is 0 Å². The van der Waals surface area contributed by atoms with E-state index in [0.717, 1.165) is 16.5 Å². The molecule has 1 aromatic heterocycles. The van der Waals surface area contributed by atoms with E-state index in [0.29, 0.717) is 52.3 Å². The van der Waals surface area contributed by atoms with Crippen molar-refractivity contribution in [1.82, 2.24) is 10.3 Å². The predicted molar refractivity (Wildman–Crippen MR) is 162 cm³/mol. The van der Waals surface area contributed by atoms with Crippen molar-refractivity contribution < 1.29 is 18.7 Å². The van der Waals surface area contributed by atoms with Gasteiger partial charge in [-0.15, -0.1) is 0 Å². The molecule has 0 saturated carbocycles. The Morgan fingerprint density at radius 3 is 2.70 bits per heavy atom. The number of amides is 1. The number of carbonyl (C=O) groups excluding carboxylic acids is 2. The van der Waals surface area contributed by atoms with Gasteiger partial charge in [0.05, 0.1) is 17.6 Å². The summed E-state index contributed by atoms with van der Waals surface area (Å²) in [5.74, 6) is -0.129. The fraction of sp³-hybridized carbons (Fsp3) is 0.452. The van der Waals surface area contributed by atoms with Gasteiger partial charge < -0.3 is 15.0 Å². The summed E-state index contributed by atoms with van der Waals surface area (Å²) in [7, 11) is 0. The molecule has 1 fully saturated rings. The lowest BCUT2D eigenvalue weighted by atomic mass is 9.93. The monoisotopic (exact) mass is 631 g/mol. The molecule has 1 N–H and O–H groups in total. The zero-order valence-electron chi connectivity index (χ0n) is 23.4. The number of ether oxygens (including phenoxy) is 1. The third-order valence-corrected chi connectivity index (χ3v) is 7.86. The Morgan fingerprint density at radius 1 is 1.25 bits per heavy atom. The Balaban J connectivity index is 1.63. The molecule has 2 heterocycles. The lowest BCUT2D eigenvalue weighted by Crippen LogP contribution is -2.38. The maximum absolute atomic E-state index is 14.3. The molecule has 2 atom stereocenters. The molecular formula is C31H36BrClFN3O3. The van der Waals surface area contributed by atoms with Gasteiger partial charge in [-0.2, -0.15) is 0 Å². The molecule has 3 aromatic rings. The molecule has 214 valence electrons. The topological polar surface area (TPSA) is 71.5 Å². The highest BCUT2D eigenvalue weighted by atomic mass is 79.9.